The van der Waals surface area contributed by atoms with Gasteiger partial charge < -0.3 is 10.5 Å². The normalized spacial score (nSPS) is 11.3. The average molecular weight is 283 g/mol. The van der Waals surface area contributed by atoms with Crippen LogP contribution >= 0.6 is 0 Å². The third-order valence-electron chi connectivity index (χ3n) is 2.91. The third-order valence-corrected chi connectivity index (χ3v) is 2.91. The van der Waals surface area contributed by atoms with Crippen LogP contribution in [0.3, 0.4) is 0 Å². The summed E-state index contributed by atoms with van der Waals surface area (Å²) in [5.41, 5.74) is 5.09. The largest absolute Gasteiger partial charge is 0.471 e. The molecule has 0 spiro atoms. The fraction of sp³-hybridized carbons (Fsp3) is 0.667. The van der Waals surface area contributed by atoms with Crippen LogP contribution in [-0.4, -0.2) is 45.0 Å². The predicted octanol–water partition coefficient (Wildman–Crippen LogP) is 1.46. The van der Waals surface area contributed by atoms with Crippen molar-refractivity contribution in [1.82, 2.24) is 14.9 Å². The smallest absolute Gasteiger partial charge is 0.372 e. The first-order chi connectivity index (χ1) is 9.34. The summed E-state index contributed by atoms with van der Waals surface area (Å²) in [6.07, 6.45) is 1.15. The Morgan fingerprint density at radius 2 is 1.95 bits per heavy atom. The van der Waals surface area contributed by atoms with Crippen LogP contribution in [0.25, 0.3) is 0 Å². The van der Waals surface area contributed by atoms with Gasteiger partial charge in [0.25, 0.3) is 5.88 Å². The van der Waals surface area contributed by atoms with Crippen molar-refractivity contribution in [2.45, 2.75) is 39.8 Å². The Kier molecular flexibility index (Phi) is 5.63. The average Bonchev–Trinajstić information content (AvgIpc) is 2.33. The highest BCUT2D eigenvalue weighted by atomic mass is 16.6. The second-order valence-electron chi connectivity index (χ2n) is 4.94. The lowest BCUT2D eigenvalue weighted by molar-refractivity contribution is -0.385. The molecule has 20 heavy (non-hydrogen) atoms. The van der Waals surface area contributed by atoms with E-state index in [2.05, 4.69) is 42.6 Å². The molecule has 0 aliphatic rings. The number of hydrogen-bond acceptors (Lipinski definition) is 7. The second kappa shape index (κ2) is 6.99. The summed E-state index contributed by atoms with van der Waals surface area (Å²) in [6, 6.07) is 0.730. The molecule has 2 N–H and O–H groups in total. The zero-order chi connectivity index (χ0) is 15.3. The number of nitrogens with zero attached hydrogens (tertiary/aromatic N) is 4. The minimum atomic E-state index is -0.632. The molecule has 0 saturated carbocycles. The van der Waals surface area contributed by atoms with Crippen LogP contribution in [0.2, 0.25) is 0 Å². The Morgan fingerprint density at radius 3 is 2.45 bits per heavy atom. The number of nitro groups is 1. The molecule has 0 unspecified atom stereocenters. The highest BCUT2D eigenvalue weighted by Gasteiger charge is 2.23. The summed E-state index contributed by atoms with van der Waals surface area (Å²) in [4.78, 5) is 19.9. The first kappa shape index (κ1) is 16.1. The molecule has 1 rings (SSSR count). The zero-order valence-corrected chi connectivity index (χ0v) is 12.2. The fourth-order valence-corrected chi connectivity index (χ4v) is 2.01. The highest BCUT2D eigenvalue weighted by molar-refractivity contribution is 5.57. The van der Waals surface area contributed by atoms with E-state index in [1.54, 1.807) is 0 Å². The van der Waals surface area contributed by atoms with Crippen molar-refractivity contribution in [2.75, 3.05) is 18.9 Å². The van der Waals surface area contributed by atoms with Gasteiger partial charge in [-0.1, -0.05) is 0 Å². The van der Waals surface area contributed by atoms with E-state index in [4.69, 9.17) is 10.5 Å². The number of nitrogen functional groups attached to an aromatic ring is 1. The molecule has 8 nitrogen and oxygen atoms in total. The van der Waals surface area contributed by atoms with E-state index in [1.165, 1.54) is 0 Å². The molecule has 0 atom stereocenters. The van der Waals surface area contributed by atoms with Crippen LogP contribution in [0.15, 0.2) is 6.33 Å². The Labute approximate surface area is 118 Å². The standard InChI is InChI=1S/C12H21N5O3/c1-8(2)16(9(3)4)5-6-20-12-10(17(18)19)11(13)14-7-15-12/h7-9H,5-6H2,1-4H3,(H2,13,14,15). The summed E-state index contributed by atoms with van der Waals surface area (Å²) in [7, 11) is 0. The molecule has 1 aromatic rings. The summed E-state index contributed by atoms with van der Waals surface area (Å²) in [5.74, 6) is -0.278. The molecule has 0 bridgehead atoms. The number of anilines is 1. The highest BCUT2D eigenvalue weighted by Crippen LogP contribution is 2.28. The van der Waals surface area contributed by atoms with E-state index in [1.807, 2.05) is 0 Å². The molecular weight excluding hydrogens is 262 g/mol. The van der Waals surface area contributed by atoms with E-state index in [9.17, 15) is 10.1 Å². The number of rotatable bonds is 7. The summed E-state index contributed by atoms with van der Waals surface area (Å²) < 4.78 is 5.40. The maximum absolute atomic E-state index is 10.9. The molecule has 0 aliphatic heterocycles. The second-order valence-corrected chi connectivity index (χ2v) is 4.94. The van der Waals surface area contributed by atoms with E-state index < -0.39 is 4.92 Å². The fourth-order valence-electron chi connectivity index (χ4n) is 2.01. The van der Waals surface area contributed by atoms with Gasteiger partial charge in [-0.05, 0) is 27.7 Å². The van der Waals surface area contributed by atoms with Crippen LogP contribution in [-0.2, 0) is 0 Å². The van der Waals surface area contributed by atoms with Gasteiger partial charge in [-0.25, -0.2) is 4.98 Å². The Balaban J connectivity index is 2.71. The number of ether oxygens (including phenoxy) is 1. The van der Waals surface area contributed by atoms with E-state index in [0.29, 0.717) is 25.2 Å². The molecule has 112 valence electrons. The van der Waals surface area contributed by atoms with Gasteiger partial charge in [-0.3, -0.25) is 15.0 Å². The van der Waals surface area contributed by atoms with Crippen molar-refractivity contribution in [2.24, 2.45) is 0 Å². The van der Waals surface area contributed by atoms with Gasteiger partial charge in [-0.15, -0.1) is 0 Å². The van der Waals surface area contributed by atoms with Gasteiger partial charge in [0.15, 0.2) is 0 Å². The molecule has 0 radical (unpaired) electrons. The Hall–Kier alpha value is -1.96. The topological polar surface area (TPSA) is 107 Å². The lowest BCUT2D eigenvalue weighted by Crippen LogP contribution is -2.39. The molecule has 0 aliphatic carbocycles. The number of aromatic nitrogens is 2. The third kappa shape index (κ3) is 4.02. The molecule has 0 aromatic carbocycles. The summed E-state index contributed by atoms with van der Waals surface area (Å²) in [5, 5.41) is 10.9. The number of nitrogens with two attached hydrogens (primary N) is 1. The molecule has 0 saturated heterocycles. The van der Waals surface area contributed by atoms with E-state index in [-0.39, 0.29) is 17.4 Å². The van der Waals surface area contributed by atoms with Crippen molar-refractivity contribution < 1.29 is 9.66 Å². The van der Waals surface area contributed by atoms with Crippen LogP contribution < -0.4 is 10.5 Å². The summed E-state index contributed by atoms with van der Waals surface area (Å²) in [6.45, 7) is 9.30. The monoisotopic (exact) mass is 283 g/mol. The van der Waals surface area contributed by atoms with Crippen LogP contribution in [0, 0.1) is 10.1 Å². The molecule has 1 heterocycles. The minimum absolute atomic E-state index is 0.0880. The van der Waals surface area contributed by atoms with E-state index in [0.717, 1.165) is 6.33 Å². The van der Waals surface area contributed by atoms with Crippen molar-refractivity contribution in [3.8, 4) is 5.88 Å². The molecular formula is C12H21N5O3. The zero-order valence-electron chi connectivity index (χ0n) is 12.2. The Bertz CT molecular complexity index is 456. The summed E-state index contributed by atoms with van der Waals surface area (Å²) >= 11 is 0. The van der Waals surface area contributed by atoms with Gasteiger partial charge in [0.05, 0.1) is 4.92 Å². The molecule has 8 heteroatoms. The van der Waals surface area contributed by atoms with Crippen LogP contribution in [0.1, 0.15) is 27.7 Å². The van der Waals surface area contributed by atoms with Gasteiger partial charge >= 0.3 is 5.69 Å². The maximum Gasteiger partial charge on any atom is 0.372 e. The lowest BCUT2D eigenvalue weighted by Gasteiger charge is -2.30. The van der Waals surface area contributed by atoms with Crippen molar-refractivity contribution in [3.05, 3.63) is 16.4 Å². The molecule has 0 fully saturated rings. The van der Waals surface area contributed by atoms with Crippen LogP contribution in [0.5, 0.6) is 5.88 Å². The van der Waals surface area contributed by atoms with E-state index >= 15 is 0 Å². The lowest BCUT2D eigenvalue weighted by atomic mass is 10.2. The van der Waals surface area contributed by atoms with Gasteiger partial charge in [0.2, 0.25) is 5.82 Å². The maximum atomic E-state index is 10.9. The van der Waals surface area contributed by atoms with Crippen LogP contribution in [0.4, 0.5) is 11.5 Å². The quantitative estimate of drug-likeness (QED) is 0.596. The minimum Gasteiger partial charge on any atom is -0.471 e. The molecule has 0 amide bonds. The van der Waals surface area contributed by atoms with Gasteiger partial charge in [-0.2, -0.15) is 4.98 Å². The number of hydrogen-bond donors (Lipinski definition) is 1. The first-order valence-corrected chi connectivity index (χ1v) is 6.48. The van der Waals surface area contributed by atoms with Crippen molar-refractivity contribution in [3.63, 3.8) is 0 Å². The van der Waals surface area contributed by atoms with Gasteiger partial charge in [0, 0.05) is 18.6 Å². The van der Waals surface area contributed by atoms with Crippen molar-refractivity contribution >= 4 is 11.5 Å². The SMILES string of the molecule is CC(C)N(CCOc1ncnc(N)c1[N+](=O)[O-])C(C)C. The van der Waals surface area contributed by atoms with Gasteiger partial charge in [0.1, 0.15) is 12.9 Å². The first-order valence-electron chi connectivity index (χ1n) is 6.48. The Morgan fingerprint density at radius 1 is 1.35 bits per heavy atom. The molecule has 1 aromatic heterocycles. The van der Waals surface area contributed by atoms with Crippen molar-refractivity contribution in [1.29, 1.82) is 0 Å². The predicted molar refractivity (Wildman–Crippen MR) is 75.6 cm³/mol.